The molecule has 0 rings (SSSR count). The average molecular weight is 245 g/mol. The summed E-state index contributed by atoms with van der Waals surface area (Å²) in [6, 6.07) is 0.408. The summed E-state index contributed by atoms with van der Waals surface area (Å²) < 4.78 is 0. The third-order valence-corrected chi connectivity index (χ3v) is 4.53. The maximum Gasteiger partial charge on any atom is 0.0133 e. The van der Waals surface area contributed by atoms with Crippen molar-refractivity contribution in [2.24, 2.45) is 17.6 Å². The van der Waals surface area contributed by atoms with Crippen LogP contribution < -0.4 is 5.73 Å². The fourth-order valence-electron chi connectivity index (χ4n) is 1.93. The minimum atomic E-state index is 0.408. The van der Waals surface area contributed by atoms with Gasteiger partial charge in [0.25, 0.3) is 0 Å². The Morgan fingerprint density at radius 1 is 1.12 bits per heavy atom. The van der Waals surface area contributed by atoms with E-state index in [1.807, 2.05) is 11.8 Å². The van der Waals surface area contributed by atoms with Crippen molar-refractivity contribution in [1.82, 2.24) is 0 Å². The van der Waals surface area contributed by atoms with Gasteiger partial charge in [0.2, 0.25) is 0 Å². The predicted octanol–water partition coefficient (Wildman–Crippen LogP) is 4.31. The summed E-state index contributed by atoms with van der Waals surface area (Å²) in [5.74, 6) is 4.04. The van der Waals surface area contributed by atoms with Gasteiger partial charge in [-0.05, 0) is 24.0 Å². The number of hydrogen-bond acceptors (Lipinski definition) is 2. The third kappa shape index (κ3) is 9.53. The molecule has 0 fully saturated rings. The third-order valence-electron chi connectivity index (χ3n) is 2.96. The number of nitrogens with two attached hydrogens (primary N) is 1. The highest BCUT2D eigenvalue weighted by molar-refractivity contribution is 7.99. The maximum absolute atomic E-state index is 6.19. The lowest BCUT2D eigenvalue weighted by Crippen LogP contribution is -2.26. The molecule has 0 spiro atoms. The van der Waals surface area contributed by atoms with Gasteiger partial charge in [-0.1, -0.05) is 53.4 Å². The van der Waals surface area contributed by atoms with Crippen LogP contribution in [0.3, 0.4) is 0 Å². The molecule has 2 N–H and O–H groups in total. The Kier molecular flexibility index (Phi) is 10.7. The van der Waals surface area contributed by atoms with Gasteiger partial charge in [-0.3, -0.25) is 0 Å². The molecule has 0 aromatic heterocycles. The van der Waals surface area contributed by atoms with Crippen LogP contribution in [-0.2, 0) is 0 Å². The predicted molar refractivity (Wildman–Crippen MR) is 78.1 cm³/mol. The summed E-state index contributed by atoms with van der Waals surface area (Å²) in [5.41, 5.74) is 6.19. The first-order valence-electron chi connectivity index (χ1n) is 6.93. The first-order chi connectivity index (χ1) is 7.60. The largest absolute Gasteiger partial charge is 0.327 e. The molecule has 2 atom stereocenters. The number of thioether (sulfide) groups is 1. The zero-order chi connectivity index (χ0) is 12.4. The molecule has 2 unspecified atom stereocenters. The average Bonchev–Trinajstić information content (AvgIpc) is 2.23. The van der Waals surface area contributed by atoms with Crippen LogP contribution in [0.1, 0.15) is 59.8 Å². The normalized spacial score (nSPS) is 15.4. The molecule has 0 radical (unpaired) electrons. The SMILES string of the molecule is CCCCC(CC)CC(N)CSCC(C)C. The number of unbranched alkanes of at least 4 members (excludes halogenated alkanes) is 1. The second kappa shape index (κ2) is 10.5. The van der Waals surface area contributed by atoms with Crippen molar-refractivity contribution in [2.45, 2.75) is 65.8 Å². The van der Waals surface area contributed by atoms with E-state index in [9.17, 15) is 0 Å². The topological polar surface area (TPSA) is 26.0 Å². The van der Waals surface area contributed by atoms with E-state index in [2.05, 4.69) is 27.7 Å². The lowest BCUT2D eigenvalue weighted by molar-refractivity contribution is 0.396. The molecule has 0 amide bonds. The molecule has 0 aliphatic carbocycles. The van der Waals surface area contributed by atoms with Crippen LogP contribution in [0.4, 0.5) is 0 Å². The Balaban J connectivity index is 3.60. The fraction of sp³-hybridized carbons (Fsp3) is 1.00. The van der Waals surface area contributed by atoms with Crippen LogP contribution in [0.15, 0.2) is 0 Å². The highest BCUT2D eigenvalue weighted by atomic mass is 32.2. The molecular weight excluding hydrogens is 214 g/mol. The molecule has 0 saturated heterocycles. The van der Waals surface area contributed by atoms with E-state index in [4.69, 9.17) is 5.73 Å². The van der Waals surface area contributed by atoms with Gasteiger partial charge >= 0.3 is 0 Å². The molecule has 1 nitrogen and oxygen atoms in total. The van der Waals surface area contributed by atoms with Crippen molar-refractivity contribution < 1.29 is 0 Å². The van der Waals surface area contributed by atoms with Gasteiger partial charge in [0.1, 0.15) is 0 Å². The zero-order valence-electron chi connectivity index (χ0n) is 11.7. The van der Waals surface area contributed by atoms with E-state index >= 15 is 0 Å². The van der Waals surface area contributed by atoms with Crippen molar-refractivity contribution >= 4 is 11.8 Å². The van der Waals surface area contributed by atoms with Crippen LogP contribution >= 0.6 is 11.8 Å². The van der Waals surface area contributed by atoms with Gasteiger partial charge < -0.3 is 5.73 Å². The van der Waals surface area contributed by atoms with E-state index in [0.29, 0.717) is 6.04 Å². The molecule has 0 bridgehead atoms. The van der Waals surface area contributed by atoms with E-state index in [1.165, 1.54) is 37.9 Å². The summed E-state index contributed by atoms with van der Waals surface area (Å²) in [4.78, 5) is 0. The summed E-state index contributed by atoms with van der Waals surface area (Å²) in [6.45, 7) is 9.11. The summed E-state index contributed by atoms with van der Waals surface area (Å²) in [6.07, 6.45) is 6.57. The number of rotatable bonds is 10. The molecule has 0 aromatic rings. The lowest BCUT2D eigenvalue weighted by atomic mass is 9.93. The molecule has 0 aromatic carbocycles. The zero-order valence-corrected chi connectivity index (χ0v) is 12.5. The minimum absolute atomic E-state index is 0.408. The van der Waals surface area contributed by atoms with Crippen LogP contribution in [-0.4, -0.2) is 17.5 Å². The summed E-state index contributed by atoms with van der Waals surface area (Å²) >= 11 is 2.02. The van der Waals surface area contributed by atoms with Crippen molar-refractivity contribution in [1.29, 1.82) is 0 Å². The Morgan fingerprint density at radius 2 is 1.81 bits per heavy atom. The van der Waals surface area contributed by atoms with Crippen LogP contribution in [0.25, 0.3) is 0 Å². The van der Waals surface area contributed by atoms with Gasteiger partial charge in [0.05, 0.1) is 0 Å². The van der Waals surface area contributed by atoms with Crippen LogP contribution in [0, 0.1) is 11.8 Å². The van der Waals surface area contributed by atoms with E-state index in [0.717, 1.165) is 17.6 Å². The highest BCUT2D eigenvalue weighted by Crippen LogP contribution is 2.20. The quantitative estimate of drug-likeness (QED) is 0.620. The standard InChI is InChI=1S/C14H31NS/c1-5-7-8-13(6-2)9-14(15)11-16-10-12(3)4/h12-14H,5-11,15H2,1-4H3. The van der Waals surface area contributed by atoms with Crippen LogP contribution in [0.2, 0.25) is 0 Å². The molecule has 98 valence electrons. The van der Waals surface area contributed by atoms with Gasteiger partial charge in [-0.25, -0.2) is 0 Å². The van der Waals surface area contributed by atoms with E-state index in [1.54, 1.807) is 0 Å². The maximum atomic E-state index is 6.19. The number of hydrogen-bond donors (Lipinski definition) is 1. The monoisotopic (exact) mass is 245 g/mol. The first-order valence-corrected chi connectivity index (χ1v) is 8.08. The lowest BCUT2D eigenvalue weighted by Gasteiger charge is -2.19. The van der Waals surface area contributed by atoms with Gasteiger partial charge in [0.15, 0.2) is 0 Å². The van der Waals surface area contributed by atoms with E-state index < -0.39 is 0 Å². The fourth-order valence-corrected chi connectivity index (χ4v) is 2.98. The smallest absolute Gasteiger partial charge is 0.0133 e. The first kappa shape index (κ1) is 16.3. The summed E-state index contributed by atoms with van der Waals surface area (Å²) in [7, 11) is 0. The van der Waals surface area contributed by atoms with Gasteiger partial charge in [0, 0.05) is 11.8 Å². The molecular formula is C14H31NS. The van der Waals surface area contributed by atoms with Crippen molar-refractivity contribution in [3.8, 4) is 0 Å². The Bertz CT molecular complexity index is 148. The van der Waals surface area contributed by atoms with Crippen molar-refractivity contribution in [2.75, 3.05) is 11.5 Å². The Hall–Kier alpha value is 0.310. The molecule has 2 heteroatoms. The highest BCUT2D eigenvalue weighted by Gasteiger charge is 2.11. The second-order valence-corrected chi connectivity index (χ2v) is 6.42. The molecule has 0 heterocycles. The summed E-state index contributed by atoms with van der Waals surface area (Å²) in [5, 5.41) is 0. The second-order valence-electron chi connectivity index (χ2n) is 5.34. The Labute approximate surface area is 107 Å². The van der Waals surface area contributed by atoms with Crippen molar-refractivity contribution in [3.05, 3.63) is 0 Å². The molecule has 0 saturated carbocycles. The Morgan fingerprint density at radius 3 is 2.31 bits per heavy atom. The van der Waals surface area contributed by atoms with Gasteiger partial charge in [-0.2, -0.15) is 11.8 Å². The van der Waals surface area contributed by atoms with Gasteiger partial charge in [-0.15, -0.1) is 0 Å². The molecule has 0 aliphatic heterocycles. The minimum Gasteiger partial charge on any atom is -0.327 e. The molecule has 0 aliphatic rings. The van der Waals surface area contributed by atoms with Crippen LogP contribution in [0.5, 0.6) is 0 Å². The molecule has 16 heavy (non-hydrogen) atoms. The van der Waals surface area contributed by atoms with E-state index in [-0.39, 0.29) is 0 Å². The van der Waals surface area contributed by atoms with Crippen molar-refractivity contribution in [3.63, 3.8) is 0 Å².